The number of carbonyl (C=O) groups excluding carboxylic acids is 2. The van der Waals surface area contributed by atoms with Crippen LogP contribution in [0.25, 0.3) is 5.78 Å². The second-order valence-electron chi connectivity index (χ2n) is 12.0. The lowest BCUT2D eigenvalue weighted by molar-refractivity contribution is -0.145. The summed E-state index contributed by atoms with van der Waals surface area (Å²) in [5.41, 5.74) is 5.97. The summed E-state index contributed by atoms with van der Waals surface area (Å²) < 4.78 is 5.85. The van der Waals surface area contributed by atoms with Crippen molar-refractivity contribution < 1.29 is 14.3 Å². The second-order valence-corrected chi connectivity index (χ2v) is 12.0. The van der Waals surface area contributed by atoms with Crippen LogP contribution < -0.4 is 21.9 Å². The number of aryl methyl sites for hydroxylation is 1. The largest absolute Gasteiger partial charge is 0.466 e. The molecule has 268 valence electrons. The lowest BCUT2D eigenvalue weighted by Crippen LogP contribution is -2.44. The minimum absolute atomic E-state index is 0.103. The summed E-state index contributed by atoms with van der Waals surface area (Å²) in [7, 11) is 4.34. The molecule has 0 unspecified atom stereocenters. The minimum Gasteiger partial charge on any atom is -0.466 e. The minimum atomic E-state index is -0.440. The number of nitrogens with zero attached hydrogens (tertiary/aromatic N) is 9. The van der Waals surface area contributed by atoms with Crippen molar-refractivity contribution >= 4 is 35.4 Å². The Morgan fingerprint density at radius 3 is 2.02 bits per heavy atom. The van der Waals surface area contributed by atoms with Crippen LogP contribution in [-0.4, -0.2) is 165 Å². The Kier molecular flexibility index (Phi) is 16.2. The topological polar surface area (TPSA) is 211 Å². The maximum Gasteiger partial charge on any atom is 0.313 e. The van der Waals surface area contributed by atoms with Gasteiger partial charge in [0.05, 0.1) is 6.61 Å². The predicted molar refractivity (Wildman–Crippen MR) is 185 cm³/mol. The fourth-order valence-corrected chi connectivity index (χ4v) is 5.00. The van der Waals surface area contributed by atoms with Crippen LogP contribution in [0, 0.1) is 6.92 Å². The number of Topliss-reactive ketones (excluding diaryl/α,β-unsaturated/α-hetero) is 1. The Labute approximate surface area is 281 Å². The molecule has 0 spiro atoms. The van der Waals surface area contributed by atoms with E-state index in [0.717, 1.165) is 65.2 Å². The van der Waals surface area contributed by atoms with Gasteiger partial charge >= 0.3 is 5.97 Å². The highest BCUT2D eigenvalue weighted by Crippen LogP contribution is 2.04. The van der Waals surface area contributed by atoms with E-state index in [2.05, 4.69) is 79.3 Å². The number of ether oxygens (including phenoxy) is 1. The number of aromatic nitrogens is 7. The van der Waals surface area contributed by atoms with Gasteiger partial charge in [0, 0.05) is 77.2 Å². The summed E-state index contributed by atoms with van der Waals surface area (Å²) in [6.45, 7) is 18.3. The first-order valence-electron chi connectivity index (χ1n) is 16.6. The van der Waals surface area contributed by atoms with Crippen LogP contribution in [0.5, 0.6) is 0 Å². The van der Waals surface area contributed by atoms with Crippen LogP contribution >= 0.6 is 0 Å². The van der Waals surface area contributed by atoms with Gasteiger partial charge in [-0.1, -0.05) is 0 Å². The van der Waals surface area contributed by atoms with Crippen molar-refractivity contribution in [2.24, 2.45) is 0 Å². The molecule has 3 aromatic heterocycles. The normalized spacial score (nSPS) is 16.0. The molecule has 0 aromatic carbocycles. The molecule has 0 saturated carbocycles. The molecule has 0 amide bonds. The number of hydrogen-bond acceptors (Lipinski definition) is 15. The average Bonchev–Trinajstić information content (AvgIpc) is 3.65. The molecule has 0 aliphatic carbocycles. The molecule has 5 heterocycles. The van der Waals surface area contributed by atoms with E-state index in [9.17, 15) is 14.4 Å². The number of aromatic amines is 2. The Bertz CT molecular complexity index is 1440. The van der Waals surface area contributed by atoms with Gasteiger partial charge in [0.1, 0.15) is 12.2 Å². The standard InChI is InChI=1S/C14H23N7O.C10H21N7.C6H10O3/c1-11-10-12(22)21-14(16-11)17-13(18-21)15-4-3-5-20-8-6-19(2)7-9-20;1-16-5-7-17(8-6-16)4-2-3-12-10-13-9(11)14-15-10;1-3-9-6(8)4-5(2)7/h10H,3-9H2,1-2H3,(H2,15,16,17,18);2-8H2,1H3,(H4,11,12,13,14,15);3-4H2,1-2H3. The number of anilines is 3. The maximum absolute atomic E-state index is 11.8. The van der Waals surface area contributed by atoms with E-state index in [-0.39, 0.29) is 17.8 Å². The van der Waals surface area contributed by atoms with Crippen LogP contribution in [0.4, 0.5) is 17.8 Å². The summed E-state index contributed by atoms with van der Waals surface area (Å²) in [6.07, 6.45) is 2.04. The van der Waals surface area contributed by atoms with Crippen molar-refractivity contribution in [3.05, 3.63) is 22.1 Å². The first kappa shape index (κ1) is 38.3. The third-order valence-corrected chi connectivity index (χ3v) is 7.73. The maximum atomic E-state index is 11.8. The third kappa shape index (κ3) is 14.3. The van der Waals surface area contributed by atoms with Crippen molar-refractivity contribution in [2.75, 3.05) is 116 Å². The van der Waals surface area contributed by atoms with Crippen LogP contribution in [-0.2, 0) is 14.3 Å². The molecular formula is C30H54N14O4. The van der Waals surface area contributed by atoms with Crippen LogP contribution in [0.1, 0.15) is 38.8 Å². The van der Waals surface area contributed by atoms with Gasteiger partial charge in [-0.3, -0.25) is 19.5 Å². The van der Waals surface area contributed by atoms with Gasteiger partial charge in [0.2, 0.25) is 17.8 Å². The highest BCUT2D eigenvalue weighted by Gasteiger charge is 2.14. The van der Waals surface area contributed by atoms with Gasteiger partial charge in [-0.25, -0.2) is 10.1 Å². The fourth-order valence-electron chi connectivity index (χ4n) is 5.00. The lowest BCUT2D eigenvalue weighted by Gasteiger charge is -2.32. The van der Waals surface area contributed by atoms with E-state index >= 15 is 0 Å². The van der Waals surface area contributed by atoms with E-state index in [0.29, 0.717) is 35.9 Å². The molecule has 0 bridgehead atoms. The predicted octanol–water partition coefficient (Wildman–Crippen LogP) is -0.260. The van der Waals surface area contributed by atoms with Crippen LogP contribution in [0.3, 0.4) is 0 Å². The molecule has 5 rings (SSSR count). The van der Waals surface area contributed by atoms with E-state index < -0.39 is 5.97 Å². The van der Waals surface area contributed by atoms with Crippen molar-refractivity contribution in [3.63, 3.8) is 0 Å². The van der Waals surface area contributed by atoms with Gasteiger partial charge in [-0.15, -0.1) is 5.10 Å². The smallest absolute Gasteiger partial charge is 0.313 e. The zero-order valence-electron chi connectivity index (χ0n) is 29.1. The number of rotatable bonds is 13. The van der Waals surface area contributed by atoms with Crippen molar-refractivity contribution in [3.8, 4) is 0 Å². The summed E-state index contributed by atoms with van der Waals surface area (Å²) in [5, 5.41) is 15.8. The van der Waals surface area contributed by atoms with Gasteiger partial charge in [-0.05, 0) is 60.8 Å². The van der Waals surface area contributed by atoms with Gasteiger partial charge in [0.15, 0.2) is 0 Å². The molecule has 48 heavy (non-hydrogen) atoms. The molecule has 2 saturated heterocycles. The zero-order chi connectivity index (χ0) is 34.9. The van der Waals surface area contributed by atoms with E-state index in [1.165, 1.54) is 43.7 Å². The molecule has 18 nitrogen and oxygen atoms in total. The number of carbonyl (C=O) groups is 2. The van der Waals surface area contributed by atoms with Crippen molar-refractivity contribution in [1.82, 2.24) is 54.4 Å². The van der Waals surface area contributed by atoms with Crippen LogP contribution in [0.2, 0.25) is 0 Å². The summed E-state index contributed by atoms with van der Waals surface area (Å²) in [6, 6.07) is 1.49. The number of nitrogens with two attached hydrogens (primary N) is 1. The molecular weight excluding hydrogens is 620 g/mol. The van der Waals surface area contributed by atoms with Crippen molar-refractivity contribution in [2.45, 2.75) is 40.0 Å². The number of nitrogen functional groups attached to an aromatic ring is 1. The first-order chi connectivity index (χ1) is 23.0. The highest BCUT2D eigenvalue weighted by molar-refractivity contribution is 5.94. The first-order valence-corrected chi connectivity index (χ1v) is 16.6. The van der Waals surface area contributed by atoms with Crippen molar-refractivity contribution in [1.29, 1.82) is 0 Å². The lowest BCUT2D eigenvalue weighted by atomic mass is 10.3. The molecule has 0 atom stereocenters. The SMILES string of the molecule is CCOC(=O)CC(C)=O.CN1CCN(CCCNc2n[nH]c(N)n2)CC1.Cc1cc(=O)n2[nH]c(NCCCN3CCN(C)CC3)nc2n1. The number of piperazine rings is 2. The number of nitrogens with one attached hydrogen (secondary N) is 4. The highest BCUT2D eigenvalue weighted by atomic mass is 16.5. The summed E-state index contributed by atoms with van der Waals surface area (Å²) >= 11 is 0. The number of H-pyrrole nitrogens is 2. The van der Waals surface area contributed by atoms with E-state index in [1.54, 1.807) is 13.8 Å². The Morgan fingerprint density at radius 1 is 0.917 bits per heavy atom. The molecule has 2 aliphatic heterocycles. The zero-order valence-corrected chi connectivity index (χ0v) is 29.1. The number of likely N-dealkylation sites (N-methyl/N-ethyl adjacent to an activating group) is 2. The fraction of sp³-hybridized carbons (Fsp3) is 0.700. The number of ketones is 1. The van der Waals surface area contributed by atoms with Crippen LogP contribution in [0.15, 0.2) is 10.9 Å². The van der Waals surface area contributed by atoms with Gasteiger partial charge in [-0.2, -0.15) is 14.5 Å². The average molecular weight is 675 g/mol. The number of fused-ring (bicyclic) bond motifs is 1. The molecule has 2 aliphatic rings. The third-order valence-electron chi connectivity index (χ3n) is 7.73. The number of hydrogen-bond donors (Lipinski definition) is 5. The molecule has 6 N–H and O–H groups in total. The Morgan fingerprint density at radius 2 is 1.50 bits per heavy atom. The van der Waals surface area contributed by atoms with E-state index in [1.807, 2.05) is 0 Å². The molecule has 18 heteroatoms. The number of esters is 1. The second kappa shape index (κ2) is 20.3. The molecule has 0 radical (unpaired) electrons. The van der Waals surface area contributed by atoms with Gasteiger partial charge < -0.3 is 40.7 Å². The molecule has 2 fully saturated rings. The van der Waals surface area contributed by atoms with Gasteiger partial charge in [0.25, 0.3) is 11.3 Å². The monoisotopic (exact) mass is 674 g/mol. The van der Waals surface area contributed by atoms with E-state index in [4.69, 9.17) is 5.73 Å². The quantitative estimate of drug-likeness (QED) is 0.0898. The summed E-state index contributed by atoms with van der Waals surface area (Å²) in [4.78, 5) is 54.6. The Balaban J connectivity index is 0.000000214. The summed E-state index contributed by atoms with van der Waals surface area (Å²) in [5.74, 6) is 1.34. The Hall–Kier alpha value is -4.13. The molecule has 3 aromatic rings.